The lowest BCUT2D eigenvalue weighted by atomic mass is 10.0. The van der Waals surface area contributed by atoms with E-state index < -0.39 is 0 Å². The van der Waals surface area contributed by atoms with Crippen molar-refractivity contribution in [1.29, 1.82) is 0 Å². The molecule has 2 amide bonds. The lowest BCUT2D eigenvalue weighted by molar-refractivity contribution is 0.219. The van der Waals surface area contributed by atoms with Gasteiger partial charge in [-0.2, -0.15) is 0 Å². The van der Waals surface area contributed by atoms with Crippen LogP contribution in [-0.2, 0) is 0 Å². The highest BCUT2D eigenvalue weighted by Crippen LogP contribution is 2.27. The van der Waals surface area contributed by atoms with Crippen LogP contribution >= 0.6 is 12.4 Å². The Morgan fingerprint density at radius 3 is 2.70 bits per heavy atom. The Morgan fingerprint density at radius 1 is 1.35 bits per heavy atom. The SMILES string of the molecule is COc1cccc(NC(=O)N2CC3CNCC3C2)c1.Cl. The van der Waals surface area contributed by atoms with Crippen molar-refractivity contribution in [2.45, 2.75) is 0 Å². The molecule has 0 bridgehead atoms. The topological polar surface area (TPSA) is 53.6 Å². The summed E-state index contributed by atoms with van der Waals surface area (Å²) in [5.74, 6) is 1.99. The molecule has 2 atom stereocenters. The minimum Gasteiger partial charge on any atom is -0.497 e. The van der Waals surface area contributed by atoms with E-state index in [1.54, 1.807) is 7.11 Å². The van der Waals surface area contributed by atoms with Crippen LogP contribution in [0.25, 0.3) is 0 Å². The Kier molecular flexibility index (Phi) is 4.73. The fourth-order valence-electron chi connectivity index (χ4n) is 2.92. The molecule has 1 aromatic rings. The number of rotatable bonds is 2. The normalized spacial score (nSPS) is 23.9. The third kappa shape index (κ3) is 2.99. The van der Waals surface area contributed by atoms with E-state index >= 15 is 0 Å². The summed E-state index contributed by atoms with van der Waals surface area (Å²) in [5, 5.41) is 6.31. The van der Waals surface area contributed by atoms with Crippen LogP contribution in [0.2, 0.25) is 0 Å². The van der Waals surface area contributed by atoms with Crippen molar-refractivity contribution in [3.8, 4) is 5.75 Å². The van der Waals surface area contributed by atoms with Gasteiger partial charge in [0, 0.05) is 37.9 Å². The van der Waals surface area contributed by atoms with E-state index in [2.05, 4.69) is 10.6 Å². The molecular formula is C14H20ClN3O2. The molecule has 2 saturated heterocycles. The van der Waals surface area contributed by atoms with Gasteiger partial charge in [0.25, 0.3) is 0 Å². The van der Waals surface area contributed by atoms with Crippen molar-refractivity contribution in [3.63, 3.8) is 0 Å². The van der Waals surface area contributed by atoms with Crippen molar-refractivity contribution >= 4 is 24.1 Å². The first-order chi connectivity index (χ1) is 9.26. The highest BCUT2D eigenvalue weighted by atomic mass is 35.5. The van der Waals surface area contributed by atoms with Crippen LogP contribution < -0.4 is 15.4 Å². The number of nitrogens with one attached hydrogen (secondary N) is 2. The van der Waals surface area contributed by atoms with Gasteiger partial charge >= 0.3 is 6.03 Å². The molecule has 1 aromatic carbocycles. The van der Waals surface area contributed by atoms with Crippen molar-refractivity contribution in [1.82, 2.24) is 10.2 Å². The fourth-order valence-corrected chi connectivity index (χ4v) is 2.92. The van der Waals surface area contributed by atoms with Gasteiger partial charge in [-0.15, -0.1) is 12.4 Å². The van der Waals surface area contributed by atoms with Gasteiger partial charge < -0.3 is 20.3 Å². The number of benzene rings is 1. The average molecular weight is 298 g/mol. The second-order valence-electron chi connectivity index (χ2n) is 5.25. The van der Waals surface area contributed by atoms with Crippen molar-refractivity contribution < 1.29 is 9.53 Å². The van der Waals surface area contributed by atoms with E-state index in [-0.39, 0.29) is 18.4 Å². The molecule has 3 rings (SSSR count). The molecule has 2 unspecified atom stereocenters. The number of likely N-dealkylation sites (tertiary alicyclic amines) is 1. The predicted octanol–water partition coefficient (Wildman–Crippen LogP) is 1.80. The van der Waals surface area contributed by atoms with Crippen LogP contribution in [0.15, 0.2) is 24.3 Å². The number of ether oxygens (including phenoxy) is 1. The Bertz CT molecular complexity index is 471. The first-order valence-corrected chi connectivity index (χ1v) is 6.67. The molecule has 110 valence electrons. The minimum absolute atomic E-state index is 0. The third-order valence-corrected chi connectivity index (χ3v) is 4.00. The summed E-state index contributed by atoms with van der Waals surface area (Å²) in [6.07, 6.45) is 0. The molecule has 0 saturated carbocycles. The van der Waals surface area contributed by atoms with Crippen molar-refractivity contribution in [2.24, 2.45) is 11.8 Å². The number of urea groups is 1. The van der Waals surface area contributed by atoms with Crippen LogP contribution in [0, 0.1) is 11.8 Å². The fraction of sp³-hybridized carbons (Fsp3) is 0.500. The second-order valence-corrected chi connectivity index (χ2v) is 5.25. The van der Waals surface area contributed by atoms with Gasteiger partial charge in [0.1, 0.15) is 5.75 Å². The maximum atomic E-state index is 12.2. The smallest absolute Gasteiger partial charge is 0.321 e. The molecule has 2 N–H and O–H groups in total. The Morgan fingerprint density at radius 2 is 2.05 bits per heavy atom. The standard InChI is InChI=1S/C14H19N3O2.ClH/c1-19-13-4-2-3-12(5-13)16-14(18)17-8-10-6-15-7-11(10)9-17;/h2-5,10-11,15H,6-9H2,1H3,(H,16,18);1H. The molecular weight excluding hydrogens is 278 g/mol. The number of hydrogen-bond donors (Lipinski definition) is 2. The monoisotopic (exact) mass is 297 g/mol. The maximum absolute atomic E-state index is 12.2. The number of fused-ring (bicyclic) bond motifs is 1. The predicted molar refractivity (Wildman–Crippen MR) is 80.7 cm³/mol. The Balaban J connectivity index is 0.00000147. The molecule has 20 heavy (non-hydrogen) atoms. The van der Waals surface area contributed by atoms with Crippen LogP contribution in [0.1, 0.15) is 0 Å². The third-order valence-electron chi connectivity index (χ3n) is 4.00. The van der Waals surface area contributed by atoms with Gasteiger partial charge in [0.05, 0.1) is 7.11 Å². The number of anilines is 1. The second kappa shape index (κ2) is 6.33. The van der Waals surface area contributed by atoms with E-state index in [1.807, 2.05) is 29.2 Å². The van der Waals surface area contributed by atoms with Gasteiger partial charge in [-0.1, -0.05) is 6.07 Å². The summed E-state index contributed by atoms with van der Waals surface area (Å²) in [6, 6.07) is 7.43. The summed E-state index contributed by atoms with van der Waals surface area (Å²) in [5.41, 5.74) is 0.777. The van der Waals surface area contributed by atoms with Gasteiger partial charge in [-0.3, -0.25) is 0 Å². The zero-order valence-electron chi connectivity index (χ0n) is 11.5. The van der Waals surface area contributed by atoms with Gasteiger partial charge in [0.2, 0.25) is 0 Å². The summed E-state index contributed by atoms with van der Waals surface area (Å²) in [7, 11) is 1.62. The summed E-state index contributed by atoms with van der Waals surface area (Å²) in [6.45, 7) is 3.78. The van der Waals surface area contributed by atoms with Crippen molar-refractivity contribution in [3.05, 3.63) is 24.3 Å². The number of carbonyl (C=O) groups is 1. The molecule has 0 aliphatic carbocycles. The Labute approximate surface area is 125 Å². The van der Waals surface area contributed by atoms with E-state index in [4.69, 9.17) is 4.74 Å². The van der Waals surface area contributed by atoms with Crippen LogP contribution in [0.5, 0.6) is 5.75 Å². The minimum atomic E-state index is -0.0114. The molecule has 0 radical (unpaired) electrons. The molecule has 0 spiro atoms. The van der Waals surface area contributed by atoms with Crippen LogP contribution in [0.3, 0.4) is 0 Å². The van der Waals surface area contributed by atoms with Crippen LogP contribution in [-0.4, -0.2) is 44.2 Å². The molecule has 0 aromatic heterocycles. The molecule has 6 heteroatoms. The zero-order valence-corrected chi connectivity index (χ0v) is 12.3. The lowest BCUT2D eigenvalue weighted by Crippen LogP contribution is -2.35. The summed E-state index contributed by atoms with van der Waals surface area (Å²) in [4.78, 5) is 14.1. The van der Waals surface area contributed by atoms with E-state index in [0.29, 0.717) is 11.8 Å². The summed E-state index contributed by atoms with van der Waals surface area (Å²) < 4.78 is 5.15. The van der Waals surface area contributed by atoms with Crippen molar-refractivity contribution in [2.75, 3.05) is 38.6 Å². The first kappa shape index (κ1) is 14.9. The Hall–Kier alpha value is -1.46. The number of halogens is 1. The average Bonchev–Trinajstić information content (AvgIpc) is 2.99. The molecule has 2 fully saturated rings. The summed E-state index contributed by atoms with van der Waals surface area (Å²) >= 11 is 0. The largest absolute Gasteiger partial charge is 0.497 e. The molecule has 5 nitrogen and oxygen atoms in total. The number of carbonyl (C=O) groups excluding carboxylic acids is 1. The number of amides is 2. The lowest BCUT2D eigenvalue weighted by Gasteiger charge is -2.18. The highest BCUT2D eigenvalue weighted by Gasteiger charge is 2.38. The number of nitrogens with zero attached hydrogens (tertiary/aromatic N) is 1. The molecule has 2 aliphatic heterocycles. The van der Waals surface area contributed by atoms with E-state index in [1.165, 1.54) is 0 Å². The van der Waals surface area contributed by atoms with Crippen LogP contribution in [0.4, 0.5) is 10.5 Å². The van der Waals surface area contributed by atoms with Gasteiger partial charge in [0.15, 0.2) is 0 Å². The quantitative estimate of drug-likeness (QED) is 0.875. The first-order valence-electron chi connectivity index (χ1n) is 6.67. The van der Waals surface area contributed by atoms with E-state index in [0.717, 1.165) is 37.6 Å². The maximum Gasteiger partial charge on any atom is 0.321 e. The molecule has 2 aliphatic rings. The van der Waals surface area contributed by atoms with Gasteiger partial charge in [-0.05, 0) is 24.0 Å². The zero-order chi connectivity index (χ0) is 13.2. The number of methoxy groups -OCH3 is 1. The van der Waals surface area contributed by atoms with Gasteiger partial charge in [-0.25, -0.2) is 4.79 Å². The highest BCUT2D eigenvalue weighted by molar-refractivity contribution is 5.89. The molecule has 2 heterocycles. The van der Waals surface area contributed by atoms with E-state index in [9.17, 15) is 4.79 Å². The number of hydrogen-bond acceptors (Lipinski definition) is 3.